The van der Waals surface area contributed by atoms with Crippen molar-refractivity contribution in [1.82, 2.24) is 0 Å². The molecule has 0 N–H and O–H groups in total. The smallest absolute Gasteiger partial charge is 0.140 e. The molecule has 0 atom stereocenters. The number of hydrogen-bond donors (Lipinski definition) is 0. The van der Waals surface area contributed by atoms with Crippen LogP contribution in [0.4, 0.5) is 0 Å². The van der Waals surface area contributed by atoms with E-state index in [2.05, 4.69) is 6.07 Å². The SMILES string of the molecule is CCOc1ccc(C#N)c(OCC)c1. The lowest BCUT2D eigenvalue weighted by Crippen LogP contribution is -1.96. The molecule has 0 aliphatic carbocycles. The average Bonchev–Trinajstić information content (AvgIpc) is 2.19. The molecule has 0 spiro atoms. The summed E-state index contributed by atoms with van der Waals surface area (Å²) in [5, 5.41) is 8.80. The summed E-state index contributed by atoms with van der Waals surface area (Å²) in [6.07, 6.45) is 0. The molecule has 0 amide bonds. The van der Waals surface area contributed by atoms with Crippen LogP contribution in [0.3, 0.4) is 0 Å². The van der Waals surface area contributed by atoms with Gasteiger partial charge in [0.25, 0.3) is 0 Å². The zero-order chi connectivity index (χ0) is 10.4. The fourth-order valence-electron chi connectivity index (χ4n) is 1.13. The zero-order valence-electron chi connectivity index (χ0n) is 8.41. The van der Waals surface area contributed by atoms with Crippen LogP contribution in [0.25, 0.3) is 0 Å². The Kier molecular flexibility index (Phi) is 3.81. The first-order chi connectivity index (χ1) is 6.81. The van der Waals surface area contributed by atoms with Gasteiger partial charge in [-0.3, -0.25) is 0 Å². The average molecular weight is 191 g/mol. The van der Waals surface area contributed by atoms with Gasteiger partial charge in [-0.2, -0.15) is 5.26 Å². The Morgan fingerprint density at radius 2 is 1.93 bits per heavy atom. The van der Waals surface area contributed by atoms with Gasteiger partial charge in [-0.1, -0.05) is 0 Å². The molecule has 1 rings (SSSR count). The van der Waals surface area contributed by atoms with E-state index in [0.29, 0.717) is 24.5 Å². The monoisotopic (exact) mass is 191 g/mol. The van der Waals surface area contributed by atoms with E-state index in [4.69, 9.17) is 14.7 Å². The summed E-state index contributed by atoms with van der Waals surface area (Å²) in [6.45, 7) is 4.95. The lowest BCUT2D eigenvalue weighted by Gasteiger charge is -2.08. The summed E-state index contributed by atoms with van der Waals surface area (Å²) in [6, 6.07) is 7.28. The summed E-state index contributed by atoms with van der Waals surface area (Å²) < 4.78 is 10.6. The van der Waals surface area contributed by atoms with Crippen LogP contribution in [-0.2, 0) is 0 Å². The van der Waals surface area contributed by atoms with Crippen LogP contribution in [0.5, 0.6) is 11.5 Å². The van der Waals surface area contributed by atoms with Crippen molar-refractivity contribution in [1.29, 1.82) is 5.26 Å². The maximum atomic E-state index is 8.80. The third-order valence-electron chi connectivity index (χ3n) is 1.68. The van der Waals surface area contributed by atoms with Gasteiger partial charge in [0.1, 0.15) is 17.6 Å². The predicted molar refractivity (Wildman–Crippen MR) is 53.5 cm³/mol. The largest absolute Gasteiger partial charge is 0.494 e. The van der Waals surface area contributed by atoms with Gasteiger partial charge in [0.15, 0.2) is 0 Å². The molecule has 0 fully saturated rings. The Bertz CT molecular complexity index is 342. The molecule has 14 heavy (non-hydrogen) atoms. The minimum Gasteiger partial charge on any atom is -0.494 e. The molecule has 3 nitrogen and oxygen atoms in total. The van der Waals surface area contributed by atoms with Crippen molar-refractivity contribution in [3.8, 4) is 17.6 Å². The van der Waals surface area contributed by atoms with Crippen molar-refractivity contribution < 1.29 is 9.47 Å². The van der Waals surface area contributed by atoms with E-state index in [0.717, 1.165) is 5.75 Å². The van der Waals surface area contributed by atoms with E-state index in [9.17, 15) is 0 Å². The Morgan fingerprint density at radius 1 is 1.21 bits per heavy atom. The van der Waals surface area contributed by atoms with Gasteiger partial charge in [-0.15, -0.1) is 0 Å². The topological polar surface area (TPSA) is 42.2 Å². The maximum Gasteiger partial charge on any atom is 0.140 e. The van der Waals surface area contributed by atoms with Gasteiger partial charge in [0.05, 0.1) is 18.8 Å². The van der Waals surface area contributed by atoms with Crippen molar-refractivity contribution in [2.45, 2.75) is 13.8 Å². The molecule has 0 heterocycles. The summed E-state index contributed by atoms with van der Waals surface area (Å²) in [7, 11) is 0. The van der Waals surface area contributed by atoms with E-state index in [1.54, 1.807) is 18.2 Å². The highest BCUT2D eigenvalue weighted by molar-refractivity contribution is 5.47. The van der Waals surface area contributed by atoms with Crippen LogP contribution >= 0.6 is 0 Å². The first kappa shape index (κ1) is 10.4. The second kappa shape index (κ2) is 5.13. The molecule has 74 valence electrons. The standard InChI is InChI=1S/C11H13NO2/c1-3-13-10-6-5-9(8-12)11(7-10)14-4-2/h5-7H,3-4H2,1-2H3. The molecule has 3 heteroatoms. The van der Waals surface area contributed by atoms with Gasteiger partial charge in [-0.25, -0.2) is 0 Å². The van der Waals surface area contributed by atoms with Gasteiger partial charge in [-0.05, 0) is 26.0 Å². The van der Waals surface area contributed by atoms with Crippen LogP contribution in [0.1, 0.15) is 19.4 Å². The highest BCUT2D eigenvalue weighted by atomic mass is 16.5. The van der Waals surface area contributed by atoms with Crippen LogP contribution < -0.4 is 9.47 Å². The first-order valence-corrected chi connectivity index (χ1v) is 4.61. The van der Waals surface area contributed by atoms with Gasteiger partial charge < -0.3 is 9.47 Å². The number of ether oxygens (including phenoxy) is 2. The molecular weight excluding hydrogens is 178 g/mol. The van der Waals surface area contributed by atoms with Crippen LogP contribution in [0.15, 0.2) is 18.2 Å². The second-order valence-corrected chi connectivity index (χ2v) is 2.64. The second-order valence-electron chi connectivity index (χ2n) is 2.64. The third-order valence-corrected chi connectivity index (χ3v) is 1.68. The quantitative estimate of drug-likeness (QED) is 0.733. The summed E-state index contributed by atoms with van der Waals surface area (Å²) in [5.41, 5.74) is 0.537. The third kappa shape index (κ3) is 2.40. The molecule has 0 radical (unpaired) electrons. The molecular formula is C11H13NO2. The lowest BCUT2D eigenvalue weighted by atomic mass is 10.2. The summed E-state index contributed by atoms with van der Waals surface area (Å²) in [5.74, 6) is 1.32. The van der Waals surface area contributed by atoms with E-state index in [1.165, 1.54) is 0 Å². The number of nitriles is 1. The van der Waals surface area contributed by atoms with E-state index >= 15 is 0 Å². The minimum absolute atomic E-state index is 0.537. The molecule has 0 unspecified atom stereocenters. The van der Waals surface area contributed by atoms with Crippen LogP contribution in [0.2, 0.25) is 0 Å². The van der Waals surface area contributed by atoms with E-state index in [-0.39, 0.29) is 0 Å². The van der Waals surface area contributed by atoms with Gasteiger partial charge in [0, 0.05) is 6.07 Å². The predicted octanol–water partition coefficient (Wildman–Crippen LogP) is 2.36. The Labute approximate surface area is 83.9 Å². The van der Waals surface area contributed by atoms with Crippen LogP contribution in [-0.4, -0.2) is 13.2 Å². The normalized spacial score (nSPS) is 9.21. The van der Waals surface area contributed by atoms with Crippen molar-refractivity contribution in [3.05, 3.63) is 23.8 Å². The number of hydrogen-bond acceptors (Lipinski definition) is 3. The Morgan fingerprint density at radius 3 is 2.50 bits per heavy atom. The Balaban J connectivity index is 2.96. The molecule has 0 aromatic heterocycles. The first-order valence-electron chi connectivity index (χ1n) is 4.61. The molecule has 1 aromatic carbocycles. The van der Waals surface area contributed by atoms with Gasteiger partial charge in [0.2, 0.25) is 0 Å². The van der Waals surface area contributed by atoms with Crippen molar-refractivity contribution >= 4 is 0 Å². The molecule has 0 bridgehead atoms. The molecule has 1 aromatic rings. The van der Waals surface area contributed by atoms with E-state index in [1.807, 2.05) is 13.8 Å². The summed E-state index contributed by atoms with van der Waals surface area (Å²) >= 11 is 0. The minimum atomic E-state index is 0.537. The Hall–Kier alpha value is -1.69. The number of rotatable bonds is 4. The van der Waals surface area contributed by atoms with Crippen molar-refractivity contribution in [2.24, 2.45) is 0 Å². The fraction of sp³-hybridized carbons (Fsp3) is 0.364. The van der Waals surface area contributed by atoms with E-state index < -0.39 is 0 Å². The molecule has 0 aliphatic rings. The highest BCUT2D eigenvalue weighted by Crippen LogP contribution is 2.24. The number of nitrogens with zero attached hydrogens (tertiary/aromatic N) is 1. The van der Waals surface area contributed by atoms with Crippen molar-refractivity contribution in [3.63, 3.8) is 0 Å². The molecule has 0 saturated heterocycles. The van der Waals surface area contributed by atoms with Crippen molar-refractivity contribution in [2.75, 3.05) is 13.2 Å². The lowest BCUT2D eigenvalue weighted by molar-refractivity contribution is 0.322. The molecule has 0 aliphatic heterocycles. The maximum absolute atomic E-state index is 8.80. The van der Waals surface area contributed by atoms with Crippen LogP contribution in [0, 0.1) is 11.3 Å². The number of benzene rings is 1. The molecule has 0 saturated carbocycles. The zero-order valence-corrected chi connectivity index (χ0v) is 8.41. The highest BCUT2D eigenvalue weighted by Gasteiger charge is 2.04. The van der Waals surface area contributed by atoms with Gasteiger partial charge >= 0.3 is 0 Å². The fourth-order valence-corrected chi connectivity index (χ4v) is 1.13. The summed E-state index contributed by atoms with van der Waals surface area (Å²) in [4.78, 5) is 0.